The Labute approximate surface area is 473 Å². The molecule has 0 atom stereocenters. The first-order chi connectivity index (χ1) is 40.8. The van der Waals surface area contributed by atoms with E-state index in [1.165, 1.54) is 165 Å². The van der Waals surface area contributed by atoms with E-state index in [-0.39, 0.29) is 0 Å². The zero-order chi connectivity index (χ0) is 53.4. The lowest BCUT2D eigenvalue weighted by Crippen LogP contribution is -2.29. The van der Waals surface area contributed by atoms with Crippen LogP contribution in [0.4, 0.5) is 0 Å². The first-order valence-electron chi connectivity index (χ1n) is 28.8. The topological polar surface area (TPSA) is 8.82 Å². The van der Waals surface area contributed by atoms with Gasteiger partial charge in [-0.2, -0.15) is 0 Å². The molecule has 0 aliphatic heterocycles. The van der Waals surface area contributed by atoms with Crippen molar-refractivity contribution in [2.24, 2.45) is 0 Å². The normalized spacial score (nSPS) is 14.0. The lowest BCUT2D eigenvalue weighted by Gasteiger charge is -2.34. The van der Waals surface area contributed by atoms with Crippen molar-refractivity contribution in [3.05, 3.63) is 336 Å². The van der Waals surface area contributed by atoms with Crippen molar-refractivity contribution in [3.8, 4) is 44.5 Å². The predicted molar refractivity (Wildman–Crippen MR) is 341 cm³/mol. The highest BCUT2D eigenvalue weighted by atomic mass is 15.0. The van der Waals surface area contributed by atoms with Gasteiger partial charge in [-0.3, -0.25) is 0 Å². The Morgan fingerprint density at radius 2 is 0.512 bits per heavy atom. The van der Waals surface area contributed by atoms with Gasteiger partial charge >= 0.3 is 0 Å². The molecule has 2 heteroatoms. The monoisotopic (exact) mass is 1040 g/mol. The maximum atomic E-state index is 2.76. The summed E-state index contributed by atoms with van der Waals surface area (Å²) in [5, 5.41) is 10.1. The highest BCUT2D eigenvalue weighted by molar-refractivity contribution is 6.38. The van der Waals surface area contributed by atoms with E-state index in [9.17, 15) is 0 Å². The minimum atomic E-state index is -0.637. The molecule has 0 saturated carbocycles. The van der Waals surface area contributed by atoms with Crippen LogP contribution in [0, 0.1) is 0 Å². The van der Waals surface area contributed by atoms with Crippen LogP contribution in [0.25, 0.3) is 121 Å². The van der Waals surface area contributed by atoms with Gasteiger partial charge < -0.3 is 8.80 Å². The highest BCUT2D eigenvalue weighted by Crippen LogP contribution is 2.63. The second-order valence-corrected chi connectivity index (χ2v) is 22.8. The molecule has 0 amide bonds. The summed E-state index contributed by atoms with van der Waals surface area (Å²) in [6, 6.07) is 110. The molecule has 0 spiro atoms. The SMILES string of the molecule is c1ccc(-c2c3c4cccc5c6ccc7c(c6n(c3c(-c3ccccc3)c3c6cccc8c9ccc%10c(c9n(c23)c86)C(c2ccccc2)(c2ccccc2)c2ccccc2-%10)c54)C(c2ccccc2)(c2ccccc2)c2ccccc2-7)cc1. The number of hydrogen-bond donors (Lipinski definition) is 0. The molecule has 0 radical (unpaired) electrons. The first-order valence-corrected chi connectivity index (χ1v) is 28.8. The second-order valence-electron chi connectivity index (χ2n) is 22.8. The van der Waals surface area contributed by atoms with E-state index in [1.807, 2.05) is 0 Å². The Hall–Kier alpha value is -10.5. The minimum absolute atomic E-state index is 0.637. The Balaban J connectivity index is 1.10. The number of benzene rings is 13. The van der Waals surface area contributed by atoms with E-state index in [0.29, 0.717) is 0 Å². The highest BCUT2D eigenvalue weighted by Gasteiger charge is 2.50. The van der Waals surface area contributed by atoms with Crippen LogP contribution < -0.4 is 0 Å². The molecule has 82 heavy (non-hydrogen) atoms. The summed E-state index contributed by atoms with van der Waals surface area (Å²) in [4.78, 5) is 0. The number of rotatable bonds is 6. The van der Waals surface area contributed by atoms with Gasteiger partial charge in [0.05, 0.1) is 43.9 Å². The quantitative estimate of drug-likeness (QED) is 0.157. The van der Waals surface area contributed by atoms with E-state index in [2.05, 4.69) is 300 Å². The third kappa shape index (κ3) is 5.23. The van der Waals surface area contributed by atoms with Crippen LogP contribution in [0.2, 0.25) is 0 Å². The summed E-state index contributed by atoms with van der Waals surface area (Å²) in [6.07, 6.45) is 0. The van der Waals surface area contributed by atoms with Crippen LogP contribution in [-0.4, -0.2) is 8.80 Å². The molecule has 378 valence electrons. The summed E-state index contributed by atoms with van der Waals surface area (Å²) >= 11 is 0. The smallest absolute Gasteiger partial charge is 0.0734 e. The molecule has 0 fully saturated rings. The van der Waals surface area contributed by atoms with Gasteiger partial charge in [-0.05, 0) is 66.8 Å². The molecule has 0 N–H and O–H groups in total. The van der Waals surface area contributed by atoms with E-state index in [0.717, 1.165) is 0 Å². The van der Waals surface area contributed by atoms with Crippen molar-refractivity contribution >= 4 is 76.2 Å². The zero-order valence-corrected chi connectivity index (χ0v) is 44.6. The first kappa shape index (κ1) is 44.3. The van der Waals surface area contributed by atoms with Gasteiger partial charge in [0.25, 0.3) is 0 Å². The standard InChI is InChI=1S/C80H48N2/c1-7-25-49(26-8-1)67-69-63-41-23-39-59-62-48-46-58-56-38-20-22-44-66(56)80(53-33-15-5-16-34-53,54-35-17-6-18-36-54)72(58)76(62)82(73(59)63)78(69)68(50-27-9-2-10-28-50)70-64-42-24-40-60-61-47-45-57-55-37-19-21-43-65(55)79(51-29-11-3-12-30-51,52-31-13-4-14-32-52)71(57)75(61)81(74(60)64)77(67)70/h1-48H. The molecule has 0 saturated heterocycles. The summed E-state index contributed by atoms with van der Waals surface area (Å²) < 4.78 is 5.51. The number of para-hydroxylation sites is 2. The van der Waals surface area contributed by atoms with Crippen molar-refractivity contribution in [1.82, 2.24) is 8.80 Å². The van der Waals surface area contributed by atoms with Gasteiger partial charge in [-0.1, -0.05) is 291 Å². The fourth-order valence-electron chi connectivity index (χ4n) is 16.5. The average molecular weight is 1040 g/mol. The molecular formula is C80H48N2. The lowest BCUT2D eigenvalue weighted by atomic mass is 9.67. The van der Waals surface area contributed by atoms with Crippen molar-refractivity contribution in [2.45, 2.75) is 10.8 Å². The maximum Gasteiger partial charge on any atom is 0.0734 e. The second kappa shape index (κ2) is 16.1. The van der Waals surface area contributed by atoms with Gasteiger partial charge in [0.1, 0.15) is 0 Å². The summed E-state index contributed by atoms with van der Waals surface area (Å²) in [5.74, 6) is 0. The molecule has 0 unspecified atom stereocenters. The van der Waals surface area contributed by atoms with Crippen molar-refractivity contribution in [1.29, 1.82) is 0 Å². The number of nitrogens with zero attached hydrogens (tertiary/aromatic N) is 2. The van der Waals surface area contributed by atoms with Gasteiger partial charge in [0, 0.05) is 65.3 Å². The maximum absolute atomic E-state index is 2.76. The van der Waals surface area contributed by atoms with E-state index < -0.39 is 10.8 Å². The van der Waals surface area contributed by atoms with Crippen LogP contribution in [-0.2, 0) is 10.8 Å². The molecule has 2 nitrogen and oxygen atoms in total. The largest absolute Gasteiger partial charge is 0.307 e. The molecule has 17 aromatic rings. The molecule has 19 rings (SSSR count). The Kier molecular flexibility index (Phi) is 8.69. The molecule has 4 heterocycles. The fraction of sp³-hybridized carbons (Fsp3) is 0.0250. The number of aromatic nitrogens is 2. The van der Waals surface area contributed by atoms with Gasteiger partial charge in [-0.25, -0.2) is 0 Å². The summed E-state index contributed by atoms with van der Waals surface area (Å²) in [5.41, 5.74) is 26.5. The third-order valence-electron chi connectivity index (χ3n) is 19.3. The van der Waals surface area contributed by atoms with Crippen LogP contribution >= 0.6 is 0 Å². The van der Waals surface area contributed by atoms with E-state index in [4.69, 9.17) is 0 Å². The van der Waals surface area contributed by atoms with Crippen molar-refractivity contribution in [3.63, 3.8) is 0 Å². The molecule has 2 aliphatic carbocycles. The average Bonchev–Trinajstić information content (AvgIpc) is 1.91. The molecule has 13 aromatic carbocycles. The fourth-order valence-corrected chi connectivity index (χ4v) is 16.5. The van der Waals surface area contributed by atoms with Gasteiger partial charge in [-0.15, -0.1) is 0 Å². The minimum Gasteiger partial charge on any atom is -0.307 e. The molecular weight excluding hydrogens is 989 g/mol. The molecule has 0 bridgehead atoms. The van der Waals surface area contributed by atoms with Gasteiger partial charge in [0.15, 0.2) is 0 Å². The van der Waals surface area contributed by atoms with E-state index >= 15 is 0 Å². The molecule has 2 aliphatic rings. The van der Waals surface area contributed by atoms with Crippen molar-refractivity contribution < 1.29 is 0 Å². The van der Waals surface area contributed by atoms with Crippen LogP contribution in [0.1, 0.15) is 44.5 Å². The lowest BCUT2D eigenvalue weighted by molar-refractivity contribution is 0.773. The van der Waals surface area contributed by atoms with Gasteiger partial charge in [0.2, 0.25) is 0 Å². The van der Waals surface area contributed by atoms with Crippen LogP contribution in [0.15, 0.2) is 291 Å². The molecule has 4 aromatic heterocycles. The Morgan fingerprint density at radius 1 is 0.207 bits per heavy atom. The number of hydrogen-bond acceptors (Lipinski definition) is 0. The van der Waals surface area contributed by atoms with Crippen LogP contribution in [0.5, 0.6) is 0 Å². The third-order valence-corrected chi connectivity index (χ3v) is 19.3. The predicted octanol–water partition coefficient (Wildman–Crippen LogP) is 20.0. The van der Waals surface area contributed by atoms with Crippen LogP contribution in [0.3, 0.4) is 0 Å². The Bertz CT molecular complexity index is 5040. The number of fused-ring (bicyclic) bond motifs is 20. The van der Waals surface area contributed by atoms with E-state index in [1.54, 1.807) is 0 Å². The summed E-state index contributed by atoms with van der Waals surface area (Å²) in [6.45, 7) is 0. The zero-order valence-electron chi connectivity index (χ0n) is 44.6. The summed E-state index contributed by atoms with van der Waals surface area (Å²) in [7, 11) is 0. The Morgan fingerprint density at radius 3 is 0.878 bits per heavy atom. The van der Waals surface area contributed by atoms with Crippen molar-refractivity contribution in [2.75, 3.05) is 0 Å².